The largest absolute Gasteiger partial charge is 0.242 e. The summed E-state index contributed by atoms with van der Waals surface area (Å²) in [5.74, 6) is 0. The molecule has 0 fully saturated rings. The van der Waals surface area contributed by atoms with Crippen molar-refractivity contribution in [1.29, 1.82) is 0 Å². The van der Waals surface area contributed by atoms with Gasteiger partial charge in [0.25, 0.3) is 0 Å². The smallest absolute Gasteiger partial charge is 0.0975 e. The summed E-state index contributed by atoms with van der Waals surface area (Å²) in [4.78, 5) is 0. The van der Waals surface area contributed by atoms with Gasteiger partial charge in [-0.25, -0.2) is 8.93 Å². The van der Waals surface area contributed by atoms with Gasteiger partial charge < -0.3 is 0 Å². The molecule has 0 saturated carbocycles. The van der Waals surface area contributed by atoms with Crippen LogP contribution in [0.4, 0.5) is 0 Å². The van der Waals surface area contributed by atoms with Gasteiger partial charge in [-0.2, -0.15) is 0 Å². The fourth-order valence-electron chi connectivity index (χ4n) is 1.35. The summed E-state index contributed by atoms with van der Waals surface area (Å²) < 4.78 is 15.1. The molecule has 0 rings (SSSR count). The maximum absolute atomic E-state index is 12.0. The second-order valence-corrected chi connectivity index (χ2v) is 6.93. The molecular weight excluding hydrogens is 206 g/mol. The zero-order chi connectivity index (χ0) is 12.1. The Hall–Kier alpha value is -0.150. The first-order valence-corrected chi connectivity index (χ1v) is 6.77. The van der Waals surface area contributed by atoms with E-state index in [1.807, 2.05) is 26.8 Å². The molecule has 15 heavy (non-hydrogen) atoms. The highest BCUT2D eigenvalue weighted by atomic mass is 32.2. The summed E-state index contributed by atoms with van der Waals surface area (Å²) in [5, 5.41) is 0. The molecule has 0 spiro atoms. The van der Waals surface area contributed by atoms with Crippen LogP contribution in [0.25, 0.3) is 0 Å². The van der Waals surface area contributed by atoms with Crippen LogP contribution in [0, 0.1) is 0 Å². The molecule has 0 bridgehead atoms. The van der Waals surface area contributed by atoms with E-state index in [4.69, 9.17) is 0 Å². The molecule has 0 saturated heterocycles. The van der Waals surface area contributed by atoms with E-state index in [2.05, 4.69) is 25.1 Å². The molecule has 0 aromatic heterocycles. The minimum Gasteiger partial charge on any atom is -0.242 e. The average Bonchev–Trinajstić information content (AvgIpc) is 2.15. The molecule has 3 heteroatoms. The molecular formula is C12H27NOS. The molecule has 1 atom stereocenters. The van der Waals surface area contributed by atoms with Crippen LogP contribution in [-0.4, -0.2) is 14.5 Å². The molecule has 0 aromatic carbocycles. The summed E-state index contributed by atoms with van der Waals surface area (Å²) in [5.41, 5.74) is -0.0557. The first kappa shape index (κ1) is 14.8. The van der Waals surface area contributed by atoms with Crippen molar-refractivity contribution in [2.45, 2.75) is 64.2 Å². The number of rotatable bonds is 6. The molecule has 0 aromatic rings. The normalized spacial score (nSPS) is 15.0. The van der Waals surface area contributed by atoms with Crippen LogP contribution in [-0.2, 0) is 11.0 Å². The van der Waals surface area contributed by atoms with Crippen LogP contribution in [0.15, 0.2) is 12.7 Å². The van der Waals surface area contributed by atoms with Crippen LogP contribution in [0.5, 0.6) is 0 Å². The fourth-order valence-corrected chi connectivity index (χ4v) is 2.42. The molecule has 0 aliphatic heterocycles. The van der Waals surface area contributed by atoms with Crippen LogP contribution in [0.2, 0.25) is 0 Å². The molecule has 0 heterocycles. The highest BCUT2D eigenvalue weighted by Crippen LogP contribution is 2.23. The zero-order valence-corrected chi connectivity index (χ0v) is 11.5. The predicted molar refractivity (Wildman–Crippen MR) is 71.3 cm³/mol. The van der Waals surface area contributed by atoms with Gasteiger partial charge in [-0.3, -0.25) is 0 Å². The lowest BCUT2D eigenvalue weighted by atomic mass is 9.90. The maximum Gasteiger partial charge on any atom is 0.0975 e. The zero-order valence-electron chi connectivity index (χ0n) is 10.7. The van der Waals surface area contributed by atoms with Crippen molar-refractivity contribution in [2.75, 3.05) is 0 Å². The maximum atomic E-state index is 12.0. The summed E-state index contributed by atoms with van der Waals surface area (Å²) in [6, 6.07) is 0. The lowest BCUT2D eigenvalue weighted by molar-refractivity contribution is 0.362. The third kappa shape index (κ3) is 4.47. The van der Waals surface area contributed by atoms with Gasteiger partial charge in [0.05, 0.1) is 15.7 Å². The van der Waals surface area contributed by atoms with Crippen molar-refractivity contribution in [3.05, 3.63) is 12.7 Å². The Bertz CT molecular complexity index is 232. The van der Waals surface area contributed by atoms with Gasteiger partial charge in [-0.05, 0) is 40.0 Å². The second kappa shape index (κ2) is 5.80. The summed E-state index contributed by atoms with van der Waals surface area (Å²) in [6.45, 7) is 14.0. The Morgan fingerprint density at radius 2 is 1.80 bits per heavy atom. The summed E-state index contributed by atoms with van der Waals surface area (Å²) in [7, 11) is -1.01. The van der Waals surface area contributed by atoms with Gasteiger partial charge >= 0.3 is 0 Å². The standard InChI is InChI=1S/C12H25NOS.H2/c1-7-10-12(8-2,9-3)13-15(14)11(4,5)6;/h7,13H,1,8-10H2,2-6H3;1H. The van der Waals surface area contributed by atoms with E-state index in [0.717, 1.165) is 19.3 Å². The van der Waals surface area contributed by atoms with Gasteiger partial charge in [0.2, 0.25) is 0 Å². The average molecular weight is 233 g/mol. The summed E-state index contributed by atoms with van der Waals surface area (Å²) >= 11 is 0. The Morgan fingerprint density at radius 3 is 2.07 bits per heavy atom. The van der Waals surface area contributed by atoms with E-state index in [-0.39, 0.29) is 11.7 Å². The van der Waals surface area contributed by atoms with E-state index in [9.17, 15) is 4.21 Å². The lowest BCUT2D eigenvalue weighted by Crippen LogP contribution is -2.49. The van der Waals surface area contributed by atoms with Crippen LogP contribution < -0.4 is 4.72 Å². The van der Waals surface area contributed by atoms with Crippen LogP contribution in [0.1, 0.15) is 55.3 Å². The molecule has 0 amide bonds. The van der Waals surface area contributed by atoms with Crippen LogP contribution in [0.3, 0.4) is 0 Å². The van der Waals surface area contributed by atoms with Crippen molar-refractivity contribution in [1.82, 2.24) is 4.72 Å². The van der Waals surface area contributed by atoms with Gasteiger partial charge in [-0.15, -0.1) is 6.58 Å². The molecule has 2 nitrogen and oxygen atoms in total. The topological polar surface area (TPSA) is 29.1 Å². The third-order valence-electron chi connectivity index (χ3n) is 2.75. The molecule has 1 unspecified atom stereocenters. The Morgan fingerprint density at radius 1 is 1.33 bits per heavy atom. The van der Waals surface area contributed by atoms with E-state index < -0.39 is 11.0 Å². The van der Waals surface area contributed by atoms with Crippen LogP contribution >= 0.6 is 0 Å². The third-order valence-corrected chi connectivity index (χ3v) is 4.48. The number of hydrogen-bond donors (Lipinski definition) is 1. The molecule has 1 N–H and O–H groups in total. The highest BCUT2D eigenvalue weighted by Gasteiger charge is 2.30. The molecule has 0 aliphatic rings. The van der Waals surface area contributed by atoms with E-state index in [1.54, 1.807) is 0 Å². The highest BCUT2D eigenvalue weighted by molar-refractivity contribution is 7.84. The number of nitrogens with one attached hydrogen (secondary N) is 1. The van der Waals surface area contributed by atoms with Crippen molar-refractivity contribution < 1.29 is 5.64 Å². The van der Waals surface area contributed by atoms with Gasteiger partial charge in [0, 0.05) is 6.97 Å². The first-order chi connectivity index (χ1) is 6.81. The first-order valence-electron chi connectivity index (χ1n) is 5.62. The SMILES string of the molecule is C=CCC(CC)(CC)NS(=O)C(C)(C)C.[HH]. The Kier molecular flexibility index (Phi) is 5.75. The van der Waals surface area contributed by atoms with E-state index in [0.29, 0.717) is 0 Å². The van der Waals surface area contributed by atoms with Gasteiger partial charge in [0.15, 0.2) is 0 Å². The minimum atomic E-state index is -1.01. The Balaban J connectivity index is 0. The predicted octanol–water partition coefficient (Wildman–Crippen LogP) is 3.42. The lowest BCUT2D eigenvalue weighted by Gasteiger charge is -2.34. The van der Waals surface area contributed by atoms with Crippen molar-refractivity contribution >= 4 is 11.0 Å². The van der Waals surface area contributed by atoms with Crippen molar-refractivity contribution in [3.63, 3.8) is 0 Å². The van der Waals surface area contributed by atoms with E-state index in [1.165, 1.54) is 0 Å². The second-order valence-electron chi connectivity index (χ2n) is 4.96. The minimum absolute atomic E-state index is 0. The molecule has 92 valence electrons. The number of hydrogen-bond acceptors (Lipinski definition) is 1. The van der Waals surface area contributed by atoms with Gasteiger partial charge in [-0.1, -0.05) is 19.9 Å². The monoisotopic (exact) mass is 233 g/mol. The molecule has 0 radical (unpaired) electrons. The van der Waals surface area contributed by atoms with Gasteiger partial charge in [0.1, 0.15) is 0 Å². The fraction of sp³-hybridized carbons (Fsp3) is 0.833. The van der Waals surface area contributed by atoms with Crippen molar-refractivity contribution in [3.8, 4) is 0 Å². The van der Waals surface area contributed by atoms with Crippen molar-refractivity contribution in [2.24, 2.45) is 0 Å². The quantitative estimate of drug-likeness (QED) is 0.700. The summed E-state index contributed by atoms with van der Waals surface area (Å²) in [6.07, 6.45) is 4.70. The molecule has 0 aliphatic carbocycles. The van der Waals surface area contributed by atoms with E-state index >= 15 is 0 Å². The Labute approximate surface area is 98.6 Å².